The SMILES string of the molecule is CS(=O)(=O)CCc1cc(F)cc(-c2ccnc3nc(-c4n[nH]c5cc(F)c(-c6cncc(NC(=O)Cc7ccccc7)c6)cc45)[nH]c23)c1. The fourth-order valence-corrected chi connectivity index (χ4v) is 6.21. The molecule has 0 saturated carbocycles. The molecule has 0 radical (unpaired) electrons. The number of H-pyrrole nitrogens is 2. The molecule has 0 aliphatic carbocycles. The molecule has 240 valence electrons. The van der Waals surface area contributed by atoms with Crippen LogP contribution in [0.25, 0.3) is 55.8 Å². The fourth-order valence-electron chi connectivity index (χ4n) is 5.60. The van der Waals surface area contributed by atoms with Crippen molar-refractivity contribution in [3.8, 4) is 33.8 Å². The Morgan fingerprint density at radius 2 is 1.75 bits per heavy atom. The van der Waals surface area contributed by atoms with E-state index >= 15 is 4.39 Å². The lowest BCUT2D eigenvalue weighted by Crippen LogP contribution is -2.14. The summed E-state index contributed by atoms with van der Waals surface area (Å²) >= 11 is 0. The molecule has 0 aliphatic rings. The lowest BCUT2D eigenvalue weighted by Gasteiger charge is -2.09. The molecule has 0 spiro atoms. The number of rotatable bonds is 9. The fraction of sp³-hybridized carbons (Fsp3) is 0.114. The summed E-state index contributed by atoms with van der Waals surface area (Å²) in [7, 11) is -3.23. The van der Waals surface area contributed by atoms with Crippen molar-refractivity contribution < 1.29 is 22.0 Å². The zero-order chi connectivity index (χ0) is 33.4. The quantitative estimate of drug-likeness (QED) is 0.165. The lowest BCUT2D eigenvalue weighted by molar-refractivity contribution is -0.115. The average Bonchev–Trinajstić information content (AvgIpc) is 3.67. The van der Waals surface area contributed by atoms with Crippen LogP contribution in [-0.4, -0.2) is 56.5 Å². The van der Waals surface area contributed by atoms with Crippen LogP contribution in [0.1, 0.15) is 11.1 Å². The standard InChI is InChI=1S/C35H27F2N7O3S/c1-48(46,47)10-8-21-11-22(14-24(36)12-21)26-7-9-39-34-32(26)41-35(42-34)33-28-16-27(29(37)17-30(28)43-44-33)23-15-25(19-38-18-23)40-31(45)13-20-5-3-2-4-6-20/h2-7,9,11-12,14-19H,8,10,13H2,1H3,(H,40,45)(H,43,44)(H,39,41,42). The molecule has 0 unspecified atom stereocenters. The average molecular weight is 664 g/mol. The van der Waals surface area contributed by atoms with Gasteiger partial charge < -0.3 is 10.3 Å². The van der Waals surface area contributed by atoms with E-state index in [1.165, 1.54) is 30.6 Å². The molecule has 4 heterocycles. The molecule has 0 bridgehead atoms. The van der Waals surface area contributed by atoms with Gasteiger partial charge >= 0.3 is 0 Å². The zero-order valence-corrected chi connectivity index (χ0v) is 26.3. The second-order valence-electron chi connectivity index (χ2n) is 11.5. The van der Waals surface area contributed by atoms with E-state index in [2.05, 4.69) is 35.5 Å². The molecule has 7 aromatic rings. The van der Waals surface area contributed by atoms with Crippen molar-refractivity contribution in [2.45, 2.75) is 12.8 Å². The van der Waals surface area contributed by atoms with Crippen LogP contribution >= 0.6 is 0 Å². The van der Waals surface area contributed by atoms with Gasteiger partial charge in [-0.2, -0.15) is 5.10 Å². The maximum atomic E-state index is 15.4. The number of halogens is 2. The number of sulfone groups is 1. The van der Waals surface area contributed by atoms with E-state index < -0.39 is 21.5 Å². The van der Waals surface area contributed by atoms with Crippen LogP contribution in [-0.2, 0) is 27.5 Å². The molecule has 10 nitrogen and oxygen atoms in total. The number of aromatic nitrogens is 6. The molecule has 4 aromatic heterocycles. The predicted molar refractivity (Wildman–Crippen MR) is 180 cm³/mol. The molecular weight excluding hydrogens is 636 g/mol. The van der Waals surface area contributed by atoms with Crippen LogP contribution < -0.4 is 5.32 Å². The summed E-state index contributed by atoms with van der Waals surface area (Å²) in [5.74, 6) is -0.994. The van der Waals surface area contributed by atoms with E-state index in [0.717, 1.165) is 11.8 Å². The largest absolute Gasteiger partial charge is 0.335 e. The van der Waals surface area contributed by atoms with Gasteiger partial charge in [-0.15, -0.1) is 0 Å². The Kier molecular flexibility index (Phi) is 7.97. The number of hydrogen-bond acceptors (Lipinski definition) is 7. The first-order valence-corrected chi connectivity index (χ1v) is 17.0. The zero-order valence-electron chi connectivity index (χ0n) is 25.5. The van der Waals surface area contributed by atoms with Gasteiger partial charge in [0.25, 0.3) is 0 Å². The molecule has 3 aromatic carbocycles. The molecular formula is C35H27F2N7O3S. The summed E-state index contributed by atoms with van der Waals surface area (Å²) < 4.78 is 53.5. The number of amides is 1. The van der Waals surface area contributed by atoms with Crippen molar-refractivity contribution >= 4 is 43.5 Å². The highest BCUT2D eigenvalue weighted by molar-refractivity contribution is 7.90. The summed E-state index contributed by atoms with van der Waals surface area (Å²) in [6.07, 6.45) is 6.06. The van der Waals surface area contributed by atoms with E-state index in [1.807, 2.05) is 30.3 Å². The number of pyridine rings is 2. The van der Waals surface area contributed by atoms with Gasteiger partial charge in [-0.05, 0) is 53.4 Å². The summed E-state index contributed by atoms with van der Waals surface area (Å²) in [4.78, 5) is 29.1. The number of carbonyl (C=O) groups excluding carboxylic acids is 1. The van der Waals surface area contributed by atoms with Crippen LogP contribution in [0.3, 0.4) is 0 Å². The highest BCUT2D eigenvalue weighted by Crippen LogP contribution is 2.34. The molecule has 3 N–H and O–H groups in total. The van der Waals surface area contributed by atoms with E-state index in [0.29, 0.717) is 61.5 Å². The Hall–Kier alpha value is -5.82. The van der Waals surface area contributed by atoms with Gasteiger partial charge in [0, 0.05) is 46.8 Å². The summed E-state index contributed by atoms with van der Waals surface area (Å²) in [5.41, 5.74) is 5.38. The molecule has 48 heavy (non-hydrogen) atoms. The number of anilines is 1. The van der Waals surface area contributed by atoms with Crippen molar-refractivity contribution in [3.63, 3.8) is 0 Å². The van der Waals surface area contributed by atoms with Crippen LogP contribution in [0.2, 0.25) is 0 Å². The maximum absolute atomic E-state index is 15.4. The molecule has 1 amide bonds. The second-order valence-corrected chi connectivity index (χ2v) is 13.8. The number of hydrogen-bond donors (Lipinski definition) is 3. The van der Waals surface area contributed by atoms with Crippen molar-refractivity contribution in [2.24, 2.45) is 0 Å². The van der Waals surface area contributed by atoms with Gasteiger partial charge in [-0.3, -0.25) is 14.9 Å². The highest BCUT2D eigenvalue weighted by Gasteiger charge is 2.19. The number of carbonyl (C=O) groups is 1. The molecule has 0 fully saturated rings. The number of aromatic amines is 2. The van der Waals surface area contributed by atoms with Crippen LogP contribution in [0.4, 0.5) is 14.5 Å². The Bertz CT molecular complexity index is 2440. The second kappa shape index (κ2) is 12.4. The Morgan fingerprint density at radius 3 is 2.56 bits per heavy atom. The van der Waals surface area contributed by atoms with E-state index in [-0.39, 0.29) is 30.1 Å². The topological polar surface area (TPSA) is 146 Å². The molecule has 0 atom stereocenters. The van der Waals surface area contributed by atoms with Gasteiger partial charge in [0.2, 0.25) is 5.91 Å². The van der Waals surface area contributed by atoms with E-state index in [9.17, 15) is 17.6 Å². The number of imidazole rings is 1. The first-order valence-electron chi connectivity index (χ1n) is 14.9. The van der Waals surface area contributed by atoms with Crippen molar-refractivity contribution in [3.05, 3.63) is 114 Å². The molecule has 0 aliphatic heterocycles. The molecule has 7 rings (SSSR count). The number of benzene rings is 3. The van der Waals surface area contributed by atoms with E-state index in [4.69, 9.17) is 0 Å². The van der Waals surface area contributed by atoms with Crippen LogP contribution in [0.15, 0.2) is 91.4 Å². The van der Waals surface area contributed by atoms with Gasteiger partial charge in [0.1, 0.15) is 27.2 Å². The lowest BCUT2D eigenvalue weighted by atomic mass is 10.0. The smallest absolute Gasteiger partial charge is 0.228 e. The summed E-state index contributed by atoms with van der Waals surface area (Å²) in [6.45, 7) is 0. The first kappa shape index (κ1) is 30.8. The third-order valence-corrected chi connectivity index (χ3v) is 8.78. The number of fused-ring (bicyclic) bond motifs is 2. The summed E-state index contributed by atoms with van der Waals surface area (Å²) in [6, 6.07) is 20.1. The van der Waals surface area contributed by atoms with Gasteiger partial charge in [-0.1, -0.05) is 36.4 Å². The van der Waals surface area contributed by atoms with Crippen LogP contribution in [0, 0.1) is 11.6 Å². The maximum Gasteiger partial charge on any atom is 0.228 e. The predicted octanol–water partition coefficient (Wildman–Crippen LogP) is 6.28. The van der Waals surface area contributed by atoms with Crippen molar-refractivity contribution in [2.75, 3.05) is 17.3 Å². The monoisotopic (exact) mass is 663 g/mol. The van der Waals surface area contributed by atoms with Gasteiger partial charge in [0.05, 0.1) is 35.1 Å². The summed E-state index contributed by atoms with van der Waals surface area (Å²) in [5, 5.41) is 10.7. The normalized spacial score (nSPS) is 11.7. The number of nitrogens with one attached hydrogen (secondary N) is 3. The highest BCUT2D eigenvalue weighted by atomic mass is 32.2. The Labute approximate surface area is 273 Å². The third kappa shape index (κ3) is 6.53. The Balaban J connectivity index is 1.22. The Morgan fingerprint density at radius 1 is 0.917 bits per heavy atom. The van der Waals surface area contributed by atoms with Crippen LogP contribution in [0.5, 0.6) is 0 Å². The van der Waals surface area contributed by atoms with Crippen molar-refractivity contribution in [1.82, 2.24) is 30.1 Å². The number of nitrogens with zero attached hydrogens (tertiary/aromatic N) is 4. The molecule has 13 heteroatoms. The molecule has 0 saturated heterocycles. The number of aryl methyl sites for hydroxylation is 1. The third-order valence-electron chi connectivity index (χ3n) is 7.84. The minimum atomic E-state index is -3.23. The minimum absolute atomic E-state index is 0.103. The first-order chi connectivity index (χ1) is 23.1. The van der Waals surface area contributed by atoms with Gasteiger partial charge in [0.15, 0.2) is 11.5 Å². The minimum Gasteiger partial charge on any atom is -0.335 e. The van der Waals surface area contributed by atoms with Gasteiger partial charge in [-0.25, -0.2) is 27.2 Å². The van der Waals surface area contributed by atoms with E-state index in [1.54, 1.807) is 30.5 Å². The van der Waals surface area contributed by atoms with Crippen molar-refractivity contribution in [1.29, 1.82) is 0 Å².